The third kappa shape index (κ3) is 24.4. The Morgan fingerprint density at radius 3 is 2.06 bits per heavy atom. The summed E-state index contributed by atoms with van der Waals surface area (Å²) in [6.45, 7) is 22.9. The SMILES string of the molecule is C=CNC(CCCCO)C(=C)NC(CCC)C(=C)N.CC.CCCNC=O.CCCc1ccccc1. The standard InChI is InChI=1S/C15H29N3O.C9H12.C4H9NO.C2H6/c1-5-9-14(12(3)16)18-13(4)15(17-6-2)10-7-8-11-19;1-2-6-9-7-4-3-5-8-9;1-2-3-5-4-6;1-2/h6,14-15,17-19H,2-5,7-11,16H2,1H3;3-5,7-8H,2,6H2,1H3;4H,2-3H2,1H3,(H,5,6);1-2H3. The minimum atomic E-state index is 0.0597. The van der Waals surface area contributed by atoms with E-state index in [2.05, 4.69) is 79.9 Å². The highest BCUT2D eigenvalue weighted by molar-refractivity contribution is 5.45. The van der Waals surface area contributed by atoms with Gasteiger partial charge < -0.3 is 26.8 Å². The minimum Gasteiger partial charge on any atom is -0.401 e. The number of benzene rings is 1. The van der Waals surface area contributed by atoms with Crippen LogP contribution in [-0.4, -0.2) is 36.8 Å². The number of hydrogen-bond donors (Lipinski definition) is 5. The van der Waals surface area contributed by atoms with Gasteiger partial charge in [-0.3, -0.25) is 4.79 Å². The van der Waals surface area contributed by atoms with Crippen molar-refractivity contribution in [1.29, 1.82) is 0 Å². The van der Waals surface area contributed by atoms with Gasteiger partial charge in [0.25, 0.3) is 0 Å². The van der Waals surface area contributed by atoms with Gasteiger partial charge in [-0.2, -0.15) is 0 Å². The molecule has 0 radical (unpaired) electrons. The van der Waals surface area contributed by atoms with E-state index in [1.807, 2.05) is 20.8 Å². The van der Waals surface area contributed by atoms with Crippen LogP contribution in [0.1, 0.15) is 85.1 Å². The number of aliphatic hydroxyl groups is 1. The summed E-state index contributed by atoms with van der Waals surface area (Å²) in [4.78, 5) is 9.45. The molecule has 0 aliphatic rings. The zero-order valence-corrected chi connectivity index (χ0v) is 23.8. The summed E-state index contributed by atoms with van der Waals surface area (Å²) in [5, 5.41) is 17.9. The van der Waals surface area contributed by atoms with Gasteiger partial charge in [0.15, 0.2) is 0 Å². The summed E-state index contributed by atoms with van der Waals surface area (Å²) in [6, 6.07) is 10.7. The summed E-state index contributed by atoms with van der Waals surface area (Å²) < 4.78 is 0. The second-order valence-electron chi connectivity index (χ2n) is 8.04. The highest BCUT2D eigenvalue weighted by Gasteiger charge is 2.15. The molecule has 6 heteroatoms. The van der Waals surface area contributed by atoms with E-state index in [1.165, 1.54) is 18.4 Å². The number of nitrogens with two attached hydrogens (primary N) is 1. The Morgan fingerprint density at radius 2 is 1.64 bits per heavy atom. The van der Waals surface area contributed by atoms with Gasteiger partial charge in [-0.25, -0.2) is 0 Å². The Bertz CT molecular complexity index is 635. The number of nitrogens with one attached hydrogen (secondary N) is 3. The molecule has 0 saturated heterocycles. The van der Waals surface area contributed by atoms with Crippen LogP contribution >= 0.6 is 0 Å². The van der Waals surface area contributed by atoms with Crippen LogP contribution < -0.4 is 21.7 Å². The molecule has 2 atom stereocenters. The van der Waals surface area contributed by atoms with E-state index in [-0.39, 0.29) is 18.7 Å². The molecule has 208 valence electrons. The Kier molecular flexibility index (Phi) is 31.8. The molecule has 0 heterocycles. The molecule has 1 amide bonds. The van der Waals surface area contributed by atoms with Crippen molar-refractivity contribution in [2.75, 3.05) is 13.2 Å². The quantitative estimate of drug-likeness (QED) is 0.136. The normalized spacial score (nSPS) is 10.8. The fourth-order valence-corrected chi connectivity index (χ4v) is 3.06. The molecule has 0 bridgehead atoms. The summed E-state index contributed by atoms with van der Waals surface area (Å²) in [6.07, 6.45) is 10.4. The molecule has 1 rings (SSSR count). The molecule has 1 aromatic carbocycles. The molecule has 0 aromatic heterocycles. The predicted molar refractivity (Wildman–Crippen MR) is 158 cm³/mol. The molecular formula is C30H56N4O2. The van der Waals surface area contributed by atoms with Crippen molar-refractivity contribution in [1.82, 2.24) is 16.0 Å². The second-order valence-corrected chi connectivity index (χ2v) is 8.04. The number of aryl methyl sites for hydroxylation is 1. The van der Waals surface area contributed by atoms with E-state index < -0.39 is 0 Å². The van der Waals surface area contributed by atoms with Gasteiger partial charge in [-0.05, 0) is 50.3 Å². The molecule has 0 fully saturated rings. The van der Waals surface area contributed by atoms with Crippen LogP contribution in [0.2, 0.25) is 0 Å². The fraction of sp³-hybridized carbons (Fsp3) is 0.567. The molecule has 36 heavy (non-hydrogen) atoms. The lowest BCUT2D eigenvalue weighted by Crippen LogP contribution is -2.40. The van der Waals surface area contributed by atoms with E-state index in [0.717, 1.165) is 50.8 Å². The number of rotatable bonds is 17. The van der Waals surface area contributed by atoms with Gasteiger partial charge in [-0.1, -0.05) is 97.5 Å². The first-order valence-electron chi connectivity index (χ1n) is 13.5. The van der Waals surface area contributed by atoms with Gasteiger partial charge in [-0.15, -0.1) is 0 Å². The first-order chi connectivity index (χ1) is 17.4. The Labute approximate surface area is 222 Å². The van der Waals surface area contributed by atoms with Crippen molar-refractivity contribution in [2.24, 2.45) is 5.73 Å². The lowest BCUT2D eigenvalue weighted by atomic mass is 10.0. The van der Waals surface area contributed by atoms with Gasteiger partial charge >= 0.3 is 0 Å². The largest absolute Gasteiger partial charge is 0.401 e. The highest BCUT2D eigenvalue weighted by Crippen LogP contribution is 2.11. The van der Waals surface area contributed by atoms with Crippen LogP contribution in [-0.2, 0) is 11.2 Å². The zero-order valence-electron chi connectivity index (χ0n) is 23.8. The van der Waals surface area contributed by atoms with E-state index >= 15 is 0 Å². The number of hydrogen-bond acceptors (Lipinski definition) is 5. The third-order valence-corrected chi connectivity index (χ3v) is 4.88. The van der Waals surface area contributed by atoms with Crippen LogP contribution in [0.3, 0.4) is 0 Å². The first kappa shape index (κ1) is 37.8. The highest BCUT2D eigenvalue weighted by atomic mass is 16.2. The minimum absolute atomic E-state index is 0.0597. The van der Waals surface area contributed by atoms with Crippen LogP contribution in [0.25, 0.3) is 0 Å². The zero-order chi connectivity index (χ0) is 28.0. The Hall–Kier alpha value is -2.73. The molecule has 0 spiro atoms. The van der Waals surface area contributed by atoms with Crippen molar-refractivity contribution < 1.29 is 9.90 Å². The van der Waals surface area contributed by atoms with Crippen LogP contribution in [0, 0.1) is 0 Å². The average Bonchev–Trinajstić information content (AvgIpc) is 2.89. The molecular weight excluding hydrogens is 448 g/mol. The van der Waals surface area contributed by atoms with Gasteiger partial charge in [0.1, 0.15) is 0 Å². The van der Waals surface area contributed by atoms with Crippen molar-refractivity contribution in [2.45, 2.75) is 98.1 Å². The smallest absolute Gasteiger partial charge is 0.207 e. The van der Waals surface area contributed by atoms with Crippen molar-refractivity contribution in [3.8, 4) is 0 Å². The maximum atomic E-state index is 9.45. The summed E-state index contributed by atoms with van der Waals surface area (Å²) in [5.41, 5.74) is 8.77. The predicted octanol–water partition coefficient (Wildman–Crippen LogP) is 5.80. The first-order valence-corrected chi connectivity index (χ1v) is 13.5. The van der Waals surface area contributed by atoms with E-state index in [1.54, 1.807) is 6.20 Å². The molecule has 0 aliphatic heterocycles. The topological polar surface area (TPSA) is 99.4 Å². The van der Waals surface area contributed by atoms with Crippen molar-refractivity contribution >= 4 is 6.41 Å². The maximum absolute atomic E-state index is 9.45. The Balaban J connectivity index is -0.000000524. The van der Waals surface area contributed by atoms with Crippen LogP contribution in [0.5, 0.6) is 0 Å². The number of unbranched alkanes of at least 4 members (excludes halogenated alkanes) is 1. The summed E-state index contributed by atoms with van der Waals surface area (Å²) in [5.74, 6) is 0. The molecule has 6 nitrogen and oxygen atoms in total. The third-order valence-electron chi connectivity index (χ3n) is 4.88. The van der Waals surface area contributed by atoms with Gasteiger partial charge in [0.05, 0.1) is 12.1 Å². The molecule has 6 N–H and O–H groups in total. The van der Waals surface area contributed by atoms with E-state index in [9.17, 15) is 4.79 Å². The van der Waals surface area contributed by atoms with E-state index in [4.69, 9.17) is 10.8 Å². The van der Waals surface area contributed by atoms with Crippen molar-refractivity contribution in [3.05, 3.63) is 73.2 Å². The molecule has 0 saturated carbocycles. The van der Waals surface area contributed by atoms with Crippen LogP contribution in [0.15, 0.2) is 67.7 Å². The van der Waals surface area contributed by atoms with Gasteiger partial charge in [0, 0.05) is 24.5 Å². The number of amides is 1. The van der Waals surface area contributed by atoms with E-state index in [0.29, 0.717) is 12.1 Å². The molecule has 2 unspecified atom stereocenters. The maximum Gasteiger partial charge on any atom is 0.207 e. The molecule has 0 aliphatic carbocycles. The summed E-state index contributed by atoms with van der Waals surface area (Å²) in [7, 11) is 0. The number of aliphatic hydroxyl groups excluding tert-OH is 1. The molecule has 1 aromatic rings. The average molecular weight is 505 g/mol. The monoisotopic (exact) mass is 504 g/mol. The lowest BCUT2D eigenvalue weighted by molar-refractivity contribution is -0.109. The Morgan fingerprint density at radius 1 is 1.00 bits per heavy atom. The van der Waals surface area contributed by atoms with Crippen LogP contribution in [0.4, 0.5) is 0 Å². The second kappa shape index (κ2) is 30.3. The summed E-state index contributed by atoms with van der Waals surface area (Å²) >= 11 is 0. The number of carbonyl (C=O) groups excluding carboxylic acids is 1. The number of carbonyl (C=O) groups is 1. The van der Waals surface area contributed by atoms with Gasteiger partial charge in [0.2, 0.25) is 6.41 Å². The van der Waals surface area contributed by atoms with Crippen molar-refractivity contribution in [3.63, 3.8) is 0 Å². The lowest BCUT2D eigenvalue weighted by Gasteiger charge is -2.26. The fourth-order valence-electron chi connectivity index (χ4n) is 3.06.